The first-order valence-electron chi connectivity index (χ1n) is 5.08. The molecule has 15 heavy (non-hydrogen) atoms. The van der Waals surface area contributed by atoms with Gasteiger partial charge in [0.05, 0.1) is 12.3 Å². The van der Waals surface area contributed by atoms with Gasteiger partial charge in [-0.1, -0.05) is 6.08 Å². The molecule has 0 aliphatic carbocycles. The van der Waals surface area contributed by atoms with Crippen molar-refractivity contribution in [2.45, 2.75) is 19.9 Å². The van der Waals surface area contributed by atoms with Crippen molar-refractivity contribution in [3.63, 3.8) is 0 Å². The minimum Gasteiger partial charge on any atom is -0.492 e. The minimum atomic E-state index is 0.225. The smallest absolute Gasteiger partial charge is 0.144 e. The highest BCUT2D eigenvalue weighted by atomic mass is 16.5. The third-order valence-corrected chi connectivity index (χ3v) is 2.06. The zero-order valence-electron chi connectivity index (χ0n) is 9.29. The molecule has 82 valence electrons. The molecule has 0 amide bonds. The third-order valence-electron chi connectivity index (χ3n) is 2.06. The molecule has 1 rings (SSSR count). The molecule has 1 aromatic rings. The zero-order chi connectivity index (χ0) is 11.3. The number of nitrogens with one attached hydrogen (secondary N) is 1. The van der Waals surface area contributed by atoms with Crippen molar-refractivity contribution in [2.24, 2.45) is 0 Å². The van der Waals surface area contributed by atoms with Crippen LogP contribution in [0.2, 0.25) is 0 Å². The standard InChI is InChI=1S/C12H18N2O/c1-4-9(3)14-10-6-7-11(13)12(8-10)15-5-2/h4,6-9,14H,1,5,13H2,2-3H3. The van der Waals surface area contributed by atoms with E-state index in [0.717, 1.165) is 11.4 Å². The van der Waals surface area contributed by atoms with Gasteiger partial charge in [-0.25, -0.2) is 0 Å². The van der Waals surface area contributed by atoms with Gasteiger partial charge < -0.3 is 15.8 Å². The lowest BCUT2D eigenvalue weighted by Gasteiger charge is -2.13. The summed E-state index contributed by atoms with van der Waals surface area (Å²) in [6.07, 6.45) is 1.84. The van der Waals surface area contributed by atoms with Crippen molar-refractivity contribution < 1.29 is 4.74 Å². The van der Waals surface area contributed by atoms with Gasteiger partial charge in [-0.3, -0.25) is 0 Å². The first-order valence-corrected chi connectivity index (χ1v) is 5.08. The molecule has 3 nitrogen and oxygen atoms in total. The first kappa shape index (κ1) is 11.4. The predicted octanol–water partition coefficient (Wildman–Crippen LogP) is 2.65. The highest BCUT2D eigenvalue weighted by Crippen LogP contribution is 2.25. The van der Waals surface area contributed by atoms with Gasteiger partial charge in [-0.15, -0.1) is 6.58 Å². The van der Waals surface area contributed by atoms with E-state index >= 15 is 0 Å². The summed E-state index contributed by atoms with van der Waals surface area (Å²) in [6, 6.07) is 5.89. The molecule has 1 aromatic carbocycles. The fraction of sp³-hybridized carbons (Fsp3) is 0.333. The van der Waals surface area contributed by atoms with Gasteiger partial charge >= 0.3 is 0 Å². The predicted molar refractivity (Wildman–Crippen MR) is 65.3 cm³/mol. The van der Waals surface area contributed by atoms with Crippen molar-refractivity contribution in [2.75, 3.05) is 17.7 Å². The second kappa shape index (κ2) is 5.29. The molecule has 0 heterocycles. The van der Waals surface area contributed by atoms with Crippen LogP contribution in [0.4, 0.5) is 11.4 Å². The number of hydrogen-bond acceptors (Lipinski definition) is 3. The second-order valence-electron chi connectivity index (χ2n) is 3.35. The van der Waals surface area contributed by atoms with Gasteiger partial charge in [0.2, 0.25) is 0 Å². The molecule has 0 saturated carbocycles. The first-order chi connectivity index (χ1) is 7.17. The number of nitrogens with two attached hydrogens (primary N) is 1. The van der Waals surface area contributed by atoms with Gasteiger partial charge in [-0.05, 0) is 26.0 Å². The van der Waals surface area contributed by atoms with E-state index in [4.69, 9.17) is 10.5 Å². The SMILES string of the molecule is C=CC(C)Nc1ccc(N)c(OCC)c1. The van der Waals surface area contributed by atoms with E-state index in [1.54, 1.807) is 0 Å². The van der Waals surface area contributed by atoms with Gasteiger partial charge in [-0.2, -0.15) is 0 Å². The Bertz CT molecular complexity index is 336. The summed E-state index contributed by atoms with van der Waals surface area (Å²) in [5.41, 5.74) is 7.41. The van der Waals surface area contributed by atoms with E-state index in [2.05, 4.69) is 11.9 Å². The summed E-state index contributed by atoms with van der Waals surface area (Å²) in [5.74, 6) is 0.721. The lowest BCUT2D eigenvalue weighted by atomic mass is 10.2. The van der Waals surface area contributed by atoms with E-state index in [1.807, 2.05) is 38.1 Å². The summed E-state index contributed by atoms with van der Waals surface area (Å²) < 4.78 is 5.40. The van der Waals surface area contributed by atoms with Crippen LogP contribution in [0.25, 0.3) is 0 Å². The van der Waals surface area contributed by atoms with Gasteiger partial charge in [0, 0.05) is 17.8 Å². The quantitative estimate of drug-likeness (QED) is 0.575. The van der Waals surface area contributed by atoms with Crippen molar-refractivity contribution in [1.29, 1.82) is 0 Å². The molecule has 0 saturated heterocycles. The Morgan fingerprint density at radius 2 is 2.33 bits per heavy atom. The van der Waals surface area contributed by atoms with Crippen LogP contribution in [-0.2, 0) is 0 Å². The van der Waals surface area contributed by atoms with Crippen LogP contribution >= 0.6 is 0 Å². The normalized spacial score (nSPS) is 11.9. The van der Waals surface area contributed by atoms with Crippen LogP contribution in [0.5, 0.6) is 5.75 Å². The number of benzene rings is 1. The highest BCUT2D eigenvalue weighted by Gasteiger charge is 2.02. The summed E-state index contributed by atoms with van der Waals surface area (Å²) in [4.78, 5) is 0. The van der Waals surface area contributed by atoms with Crippen molar-refractivity contribution in [3.8, 4) is 5.75 Å². The molecule has 0 aromatic heterocycles. The second-order valence-corrected chi connectivity index (χ2v) is 3.35. The molecule has 0 spiro atoms. The molecule has 0 fully saturated rings. The van der Waals surface area contributed by atoms with Crippen LogP contribution in [0.15, 0.2) is 30.9 Å². The van der Waals surface area contributed by atoms with Gasteiger partial charge in [0.1, 0.15) is 5.75 Å². The number of anilines is 2. The minimum absolute atomic E-state index is 0.225. The summed E-state index contributed by atoms with van der Waals surface area (Å²) in [5, 5.41) is 3.26. The maximum atomic E-state index is 5.77. The largest absolute Gasteiger partial charge is 0.492 e. The number of nitrogen functional groups attached to an aromatic ring is 1. The Morgan fingerprint density at radius 3 is 2.93 bits per heavy atom. The van der Waals surface area contributed by atoms with Gasteiger partial charge in [0.15, 0.2) is 0 Å². The molecule has 1 atom stereocenters. The Hall–Kier alpha value is -1.64. The maximum Gasteiger partial charge on any atom is 0.144 e. The van der Waals surface area contributed by atoms with Crippen molar-refractivity contribution in [3.05, 3.63) is 30.9 Å². The van der Waals surface area contributed by atoms with Crippen LogP contribution in [-0.4, -0.2) is 12.6 Å². The van der Waals surface area contributed by atoms with Crippen LogP contribution in [0.1, 0.15) is 13.8 Å². The lowest BCUT2D eigenvalue weighted by Crippen LogP contribution is -2.11. The monoisotopic (exact) mass is 206 g/mol. The third kappa shape index (κ3) is 3.20. The van der Waals surface area contributed by atoms with E-state index in [0.29, 0.717) is 12.3 Å². The average molecular weight is 206 g/mol. The molecular weight excluding hydrogens is 188 g/mol. The molecule has 0 radical (unpaired) electrons. The Labute approximate surface area is 90.9 Å². The fourth-order valence-corrected chi connectivity index (χ4v) is 1.23. The average Bonchev–Trinajstić information content (AvgIpc) is 2.23. The van der Waals surface area contributed by atoms with E-state index in [1.165, 1.54) is 0 Å². The fourth-order valence-electron chi connectivity index (χ4n) is 1.23. The highest BCUT2D eigenvalue weighted by molar-refractivity contribution is 5.61. The Balaban J connectivity index is 2.82. The van der Waals surface area contributed by atoms with E-state index in [-0.39, 0.29) is 6.04 Å². The van der Waals surface area contributed by atoms with Crippen molar-refractivity contribution >= 4 is 11.4 Å². The topological polar surface area (TPSA) is 47.3 Å². The zero-order valence-corrected chi connectivity index (χ0v) is 9.29. The van der Waals surface area contributed by atoms with Gasteiger partial charge in [0.25, 0.3) is 0 Å². The molecule has 3 N–H and O–H groups in total. The number of hydrogen-bond donors (Lipinski definition) is 2. The van der Waals surface area contributed by atoms with Crippen molar-refractivity contribution in [1.82, 2.24) is 0 Å². The summed E-state index contributed by atoms with van der Waals surface area (Å²) in [7, 11) is 0. The number of ether oxygens (including phenoxy) is 1. The Kier molecular flexibility index (Phi) is 4.03. The van der Waals surface area contributed by atoms with E-state index < -0.39 is 0 Å². The molecule has 0 aliphatic heterocycles. The van der Waals surface area contributed by atoms with Crippen LogP contribution in [0, 0.1) is 0 Å². The molecule has 0 bridgehead atoms. The molecule has 0 aliphatic rings. The molecular formula is C12H18N2O. The molecule has 1 unspecified atom stereocenters. The molecule has 3 heteroatoms. The summed E-state index contributed by atoms with van der Waals surface area (Å²) >= 11 is 0. The lowest BCUT2D eigenvalue weighted by molar-refractivity contribution is 0.342. The number of rotatable bonds is 5. The Morgan fingerprint density at radius 1 is 1.60 bits per heavy atom. The summed E-state index contributed by atoms with van der Waals surface area (Å²) in [6.45, 7) is 8.30. The van der Waals surface area contributed by atoms with Crippen LogP contribution in [0.3, 0.4) is 0 Å². The maximum absolute atomic E-state index is 5.77. The van der Waals surface area contributed by atoms with Crippen LogP contribution < -0.4 is 15.8 Å². The van der Waals surface area contributed by atoms with E-state index in [9.17, 15) is 0 Å².